The van der Waals surface area contributed by atoms with E-state index in [-0.39, 0.29) is 31.0 Å². The molecule has 1 atom stereocenters. The fraction of sp³-hybridized carbons (Fsp3) is 0.300. The number of aryl methyl sites for hydroxylation is 1. The summed E-state index contributed by atoms with van der Waals surface area (Å²) >= 11 is 0. The van der Waals surface area contributed by atoms with Gasteiger partial charge in [0.15, 0.2) is 5.75 Å². The summed E-state index contributed by atoms with van der Waals surface area (Å²) in [5.74, 6) is 0.183. The number of nitrogens with zero attached hydrogens (tertiary/aromatic N) is 2. The molecule has 2 aromatic rings. The second-order valence-electron chi connectivity index (χ2n) is 6.75. The first-order valence-electron chi connectivity index (χ1n) is 8.49. The van der Waals surface area contributed by atoms with Crippen molar-refractivity contribution in [3.05, 3.63) is 53.6 Å². The van der Waals surface area contributed by atoms with Gasteiger partial charge in [0, 0.05) is 11.7 Å². The second-order valence-corrected chi connectivity index (χ2v) is 6.75. The molecule has 5 heteroatoms. The van der Waals surface area contributed by atoms with Gasteiger partial charge in [-0.1, -0.05) is 24.3 Å². The number of carbonyl (C=O) groups excluding carboxylic acids is 2. The first kappa shape index (κ1) is 15.7. The van der Waals surface area contributed by atoms with Crippen LogP contribution in [0.5, 0.6) is 5.75 Å². The molecule has 0 aliphatic carbocycles. The van der Waals surface area contributed by atoms with E-state index in [9.17, 15) is 9.59 Å². The smallest absolute Gasteiger partial charge is 0.331 e. The molecule has 4 rings (SSSR count). The van der Waals surface area contributed by atoms with Gasteiger partial charge in [0.2, 0.25) is 5.91 Å². The highest BCUT2D eigenvalue weighted by Gasteiger charge is 2.33. The number of anilines is 2. The van der Waals surface area contributed by atoms with Crippen LogP contribution in [0.3, 0.4) is 0 Å². The third-order valence-corrected chi connectivity index (χ3v) is 4.80. The number of fused-ring (bicyclic) bond motifs is 2. The number of para-hydroxylation sites is 1. The number of ether oxygens (including phenoxy) is 1. The summed E-state index contributed by atoms with van der Waals surface area (Å²) in [6.45, 7) is 4.28. The van der Waals surface area contributed by atoms with Crippen LogP contribution in [0, 0.1) is 6.92 Å². The Morgan fingerprint density at radius 3 is 2.84 bits per heavy atom. The number of hydrogen-bond acceptors (Lipinski definition) is 4. The molecule has 128 valence electrons. The van der Waals surface area contributed by atoms with Gasteiger partial charge in [-0.2, -0.15) is 0 Å². The quantitative estimate of drug-likeness (QED) is 0.625. The lowest BCUT2D eigenvalue weighted by Gasteiger charge is -2.32. The summed E-state index contributed by atoms with van der Waals surface area (Å²) in [5.41, 5.74) is 4.03. The molecular formula is C20H20N2O3. The van der Waals surface area contributed by atoms with Crippen molar-refractivity contribution >= 4 is 23.3 Å². The lowest BCUT2D eigenvalue weighted by Crippen LogP contribution is -2.46. The third-order valence-electron chi connectivity index (χ3n) is 4.80. The highest BCUT2D eigenvalue weighted by atomic mass is 16.5. The minimum atomic E-state index is -0.334. The number of esters is 1. The molecule has 0 N–H and O–H groups in total. The standard InChI is InChI=1S/C20H20N2O3/c1-13-7-8-18-17(9-13)21(12-20(24)25-18)11-19(23)22-14(2)10-15-5-3-4-6-16(15)22/h3-9,14H,10-12H2,1-2H3. The molecule has 5 nitrogen and oxygen atoms in total. The summed E-state index contributed by atoms with van der Waals surface area (Å²) in [5, 5.41) is 0. The Labute approximate surface area is 146 Å². The Kier molecular flexibility index (Phi) is 3.71. The maximum atomic E-state index is 13.0. The number of rotatable bonds is 2. The molecule has 2 aliphatic rings. The van der Waals surface area contributed by atoms with Crippen LogP contribution in [0.15, 0.2) is 42.5 Å². The first-order chi connectivity index (χ1) is 12.0. The number of hydrogen-bond donors (Lipinski definition) is 0. The molecule has 1 unspecified atom stereocenters. The van der Waals surface area contributed by atoms with Crippen LogP contribution in [-0.2, 0) is 16.0 Å². The maximum absolute atomic E-state index is 13.0. The number of amides is 1. The van der Waals surface area contributed by atoms with E-state index in [2.05, 4.69) is 13.0 Å². The van der Waals surface area contributed by atoms with Gasteiger partial charge < -0.3 is 14.5 Å². The normalized spacial score (nSPS) is 18.6. The van der Waals surface area contributed by atoms with Gasteiger partial charge in [0.05, 0.1) is 12.2 Å². The van der Waals surface area contributed by atoms with Gasteiger partial charge in [0.25, 0.3) is 0 Å². The molecule has 0 bridgehead atoms. The van der Waals surface area contributed by atoms with Crippen LogP contribution in [0.2, 0.25) is 0 Å². The molecule has 2 heterocycles. The van der Waals surface area contributed by atoms with Crippen LogP contribution in [0.1, 0.15) is 18.1 Å². The molecular weight excluding hydrogens is 316 g/mol. The van der Waals surface area contributed by atoms with E-state index >= 15 is 0 Å². The highest BCUT2D eigenvalue weighted by molar-refractivity contribution is 6.00. The van der Waals surface area contributed by atoms with Gasteiger partial charge >= 0.3 is 5.97 Å². The van der Waals surface area contributed by atoms with Gasteiger partial charge in [0.1, 0.15) is 6.54 Å². The zero-order valence-electron chi connectivity index (χ0n) is 14.4. The molecule has 0 radical (unpaired) electrons. The minimum absolute atomic E-state index is 0.000365. The second kappa shape index (κ2) is 5.92. The topological polar surface area (TPSA) is 49.9 Å². The molecule has 2 aliphatic heterocycles. The summed E-state index contributed by atoms with van der Waals surface area (Å²) < 4.78 is 5.30. The zero-order chi connectivity index (χ0) is 17.6. The van der Waals surface area contributed by atoms with Crippen LogP contribution < -0.4 is 14.5 Å². The predicted molar refractivity (Wildman–Crippen MR) is 96.1 cm³/mol. The Morgan fingerprint density at radius 1 is 1.20 bits per heavy atom. The predicted octanol–water partition coefficient (Wildman–Crippen LogP) is 2.70. The van der Waals surface area contributed by atoms with Gasteiger partial charge in [-0.05, 0) is 49.6 Å². The summed E-state index contributed by atoms with van der Waals surface area (Å²) in [4.78, 5) is 28.6. The summed E-state index contributed by atoms with van der Waals surface area (Å²) in [7, 11) is 0. The average Bonchev–Trinajstić information content (AvgIpc) is 2.91. The molecule has 0 saturated carbocycles. The van der Waals surface area contributed by atoms with E-state index < -0.39 is 0 Å². The number of carbonyl (C=O) groups is 2. The van der Waals surface area contributed by atoms with Gasteiger partial charge in [-0.25, -0.2) is 4.79 Å². The minimum Gasteiger partial charge on any atom is -0.423 e. The molecule has 2 aromatic carbocycles. The van der Waals surface area contributed by atoms with Gasteiger partial charge in [-0.15, -0.1) is 0 Å². The lowest BCUT2D eigenvalue weighted by atomic mass is 10.1. The van der Waals surface area contributed by atoms with Crippen molar-refractivity contribution in [1.82, 2.24) is 0 Å². The van der Waals surface area contributed by atoms with Crippen molar-refractivity contribution < 1.29 is 14.3 Å². The van der Waals surface area contributed by atoms with Crippen molar-refractivity contribution in [3.8, 4) is 5.75 Å². The van der Waals surface area contributed by atoms with Crippen LogP contribution >= 0.6 is 0 Å². The van der Waals surface area contributed by atoms with E-state index in [0.29, 0.717) is 5.75 Å². The fourth-order valence-electron chi connectivity index (χ4n) is 3.68. The molecule has 0 saturated heterocycles. The van der Waals surface area contributed by atoms with Crippen LogP contribution in [0.25, 0.3) is 0 Å². The van der Waals surface area contributed by atoms with Gasteiger partial charge in [-0.3, -0.25) is 4.79 Å². The van der Waals surface area contributed by atoms with Crippen molar-refractivity contribution in [2.75, 3.05) is 22.9 Å². The highest BCUT2D eigenvalue weighted by Crippen LogP contribution is 2.35. The molecule has 0 spiro atoms. The Balaban J connectivity index is 1.62. The number of benzene rings is 2. The monoisotopic (exact) mass is 336 g/mol. The fourth-order valence-corrected chi connectivity index (χ4v) is 3.68. The molecule has 1 amide bonds. The summed E-state index contributed by atoms with van der Waals surface area (Å²) in [6, 6.07) is 13.8. The van der Waals surface area contributed by atoms with E-state index in [1.54, 1.807) is 6.07 Å². The van der Waals surface area contributed by atoms with E-state index in [4.69, 9.17) is 4.74 Å². The molecule has 0 aromatic heterocycles. The Morgan fingerprint density at radius 2 is 2.00 bits per heavy atom. The largest absolute Gasteiger partial charge is 0.423 e. The Hall–Kier alpha value is -2.82. The molecule has 0 fully saturated rings. The average molecular weight is 336 g/mol. The van der Waals surface area contributed by atoms with E-state index in [0.717, 1.165) is 23.4 Å². The van der Waals surface area contributed by atoms with Crippen molar-refractivity contribution in [3.63, 3.8) is 0 Å². The van der Waals surface area contributed by atoms with Crippen molar-refractivity contribution in [2.45, 2.75) is 26.3 Å². The van der Waals surface area contributed by atoms with Crippen molar-refractivity contribution in [2.24, 2.45) is 0 Å². The van der Waals surface area contributed by atoms with Crippen LogP contribution in [0.4, 0.5) is 11.4 Å². The van der Waals surface area contributed by atoms with E-state index in [1.807, 2.05) is 47.1 Å². The summed E-state index contributed by atoms with van der Waals surface area (Å²) in [6.07, 6.45) is 0.861. The molecule has 25 heavy (non-hydrogen) atoms. The third kappa shape index (κ3) is 2.76. The lowest BCUT2D eigenvalue weighted by molar-refractivity contribution is -0.133. The van der Waals surface area contributed by atoms with Crippen LogP contribution in [-0.4, -0.2) is 31.0 Å². The SMILES string of the molecule is Cc1ccc2c(c1)N(CC(=O)N1c3ccccc3CC1C)CC(=O)O2. The first-order valence-corrected chi connectivity index (χ1v) is 8.49. The van der Waals surface area contributed by atoms with Crippen molar-refractivity contribution in [1.29, 1.82) is 0 Å². The maximum Gasteiger partial charge on any atom is 0.331 e. The van der Waals surface area contributed by atoms with E-state index in [1.165, 1.54) is 5.56 Å². The Bertz CT molecular complexity index is 862. The zero-order valence-corrected chi connectivity index (χ0v) is 14.4.